The minimum atomic E-state index is -1.53. The molecule has 1 aromatic carbocycles. The van der Waals surface area contributed by atoms with Gasteiger partial charge in [-0.3, -0.25) is 19.2 Å². The van der Waals surface area contributed by atoms with Gasteiger partial charge in [0.05, 0.1) is 12.7 Å². The third kappa shape index (κ3) is 8.27. The number of aliphatic hydroxyl groups excluding tert-OH is 2. The summed E-state index contributed by atoms with van der Waals surface area (Å²) in [6.45, 7) is 0.529. The molecule has 14 nitrogen and oxygen atoms in total. The molecule has 4 amide bonds. The Hall–Kier alpha value is -4.01. The summed E-state index contributed by atoms with van der Waals surface area (Å²) in [4.78, 5) is 64.0. The number of carboxylic acids is 1. The molecule has 0 bridgehead atoms. The summed E-state index contributed by atoms with van der Waals surface area (Å²) in [7, 11) is 0. The first-order chi connectivity index (χ1) is 17.4. The molecule has 0 aliphatic heterocycles. The first kappa shape index (κ1) is 29.2. The maximum Gasteiger partial charge on any atom is 0.326 e. The molecule has 37 heavy (non-hydrogen) atoms. The van der Waals surface area contributed by atoms with Crippen molar-refractivity contribution in [3.8, 4) is 0 Å². The number of aromatic amines is 1. The van der Waals surface area contributed by atoms with Crippen LogP contribution in [0.2, 0.25) is 0 Å². The predicted octanol–water partition coefficient (Wildman–Crippen LogP) is -2.78. The van der Waals surface area contributed by atoms with Gasteiger partial charge in [-0.15, -0.1) is 0 Å². The predicted molar refractivity (Wildman–Crippen MR) is 131 cm³/mol. The Morgan fingerprint density at radius 2 is 1.65 bits per heavy atom. The van der Waals surface area contributed by atoms with E-state index >= 15 is 0 Å². The van der Waals surface area contributed by atoms with Crippen LogP contribution in [0.25, 0.3) is 10.9 Å². The van der Waals surface area contributed by atoms with Crippen molar-refractivity contribution in [2.45, 2.75) is 56.5 Å². The van der Waals surface area contributed by atoms with Crippen LogP contribution in [0.5, 0.6) is 0 Å². The average molecular weight is 521 g/mol. The van der Waals surface area contributed by atoms with Crippen molar-refractivity contribution in [2.24, 2.45) is 11.5 Å². The van der Waals surface area contributed by atoms with Crippen LogP contribution >= 0.6 is 0 Å². The van der Waals surface area contributed by atoms with Crippen LogP contribution in [0.3, 0.4) is 0 Å². The van der Waals surface area contributed by atoms with Crippen LogP contribution in [-0.4, -0.2) is 86.8 Å². The van der Waals surface area contributed by atoms with Crippen LogP contribution in [0.4, 0.5) is 0 Å². The molecule has 0 aliphatic rings. The van der Waals surface area contributed by atoms with E-state index in [4.69, 9.17) is 16.6 Å². The first-order valence-electron chi connectivity index (χ1n) is 11.5. The van der Waals surface area contributed by atoms with Gasteiger partial charge in [-0.05, 0) is 25.0 Å². The van der Waals surface area contributed by atoms with E-state index in [-0.39, 0.29) is 19.3 Å². The minimum absolute atomic E-state index is 0.0830. The lowest BCUT2D eigenvalue weighted by atomic mass is 10.0. The molecule has 1 heterocycles. The third-order valence-corrected chi connectivity index (χ3v) is 5.62. The standard InChI is InChI=1S/C23H32N6O8/c1-11(31)19(29-20(33)14(24)10-30)22(35)28-17(8-12-9-26-15-5-3-2-4-13(12)15)21(34)27-16(23(36)37)6-7-18(25)32/h2-5,9,11,14,16-17,19,26,30-31H,6-8,10,24H2,1H3,(H2,25,32)(H,27,34)(H,28,35)(H,29,33)(H,36,37). The second kappa shape index (κ2) is 13.3. The molecule has 14 heteroatoms. The molecule has 11 N–H and O–H groups in total. The van der Waals surface area contributed by atoms with Gasteiger partial charge >= 0.3 is 5.97 Å². The normalized spacial score (nSPS) is 15.1. The van der Waals surface area contributed by atoms with Crippen LogP contribution in [-0.2, 0) is 30.4 Å². The first-order valence-corrected chi connectivity index (χ1v) is 11.5. The number of aliphatic hydroxyl groups is 2. The molecule has 2 aromatic rings. The highest BCUT2D eigenvalue weighted by molar-refractivity contribution is 5.95. The lowest BCUT2D eigenvalue weighted by Crippen LogP contribution is -2.60. The van der Waals surface area contributed by atoms with E-state index in [1.54, 1.807) is 30.5 Å². The van der Waals surface area contributed by atoms with Gasteiger partial charge in [0.2, 0.25) is 23.6 Å². The van der Waals surface area contributed by atoms with Gasteiger partial charge in [-0.2, -0.15) is 0 Å². The number of carboxylic acid groups (broad SMARTS) is 1. The molecule has 0 radical (unpaired) electrons. The summed E-state index contributed by atoms with van der Waals surface area (Å²) in [6, 6.07) is 1.50. The van der Waals surface area contributed by atoms with E-state index in [0.29, 0.717) is 5.56 Å². The average Bonchev–Trinajstić information content (AvgIpc) is 3.25. The monoisotopic (exact) mass is 520 g/mol. The topological polar surface area (TPSA) is 250 Å². The van der Waals surface area contributed by atoms with Crippen molar-refractivity contribution < 1.29 is 39.3 Å². The van der Waals surface area contributed by atoms with Crippen molar-refractivity contribution in [2.75, 3.05) is 6.61 Å². The van der Waals surface area contributed by atoms with Gasteiger partial charge in [0, 0.05) is 29.9 Å². The van der Waals surface area contributed by atoms with Crippen LogP contribution in [0.15, 0.2) is 30.5 Å². The quantitative estimate of drug-likeness (QED) is 0.125. The van der Waals surface area contributed by atoms with E-state index in [0.717, 1.165) is 10.9 Å². The molecule has 0 saturated heterocycles. The highest BCUT2D eigenvalue weighted by Crippen LogP contribution is 2.19. The second-order valence-electron chi connectivity index (χ2n) is 8.55. The Bertz CT molecular complexity index is 1130. The van der Waals surface area contributed by atoms with Gasteiger partial charge in [0.15, 0.2) is 0 Å². The fourth-order valence-corrected chi connectivity index (χ4v) is 3.56. The molecule has 0 fully saturated rings. The molecular weight excluding hydrogens is 488 g/mol. The molecule has 0 spiro atoms. The molecule has 2 rings (SSSR count). The van der Waals surface area contributed by atoms with Crippen molar-refractivity contribution in [1.29, 1.82) is 0 Å². The fraction of sp³-hybridized carbons (Fsp3) is 0.435. The highest BCUT2D eigenvalue weighted by Gasteiger charge is 2.33. The molecule has 0 saturated carbocycles. The van der Waals surface area contributed by atoms with Gasteiger partial charge in [0.1, 0.15) is 24.2 Å². The number of primary amides is 1. The number of fused-ring (bicyclic) bond motifs is 1. The number of hydrogen-bond acceptors (Lipinski definition) is 8. The maximum absolute atomic E-state index is 13.2. The van der Waals surface area contributed by atoms with Crippen molar-refractivity contribution >= 4 is 40.5 Å². The second-order valence-corrected chi connectivity index (χ2v) is 8.55. The van der Waals surface area contributed by atoms with E-state index in [2.05, 4.69) is 20.9 Å². The lowest BCUT2D eigenvalue weighted by molar-refractivity contribution is -0.142. The molecule has 5 unspecified atom stereocenters. The molecular formula is C23H32N6O8. The fourth-order valence-electron chi connectivity index (χ4n) is 3.56. The van der Waals surface area contributed by atoms with Gasteiger partial charge in [-0.1, -0.05) is 18.2 Å². The number of aromatic nitrogens is 1. The van der Waals surface area contributed by atoms with Crippen LogP contribution < -0.4 is 27.4 Å². The number of carbonyl (C=O) groups is 5. The Kier molecular flexibility index (Phi) is 10.5. The summed E-state index contributed by atoms with van der Waals surface area (Å²) >= 11 is 0. The number of H-pyrrole nitrogens is 1. The molecule has 202 valence electrons. The zero-order chi connectivity index (χ0) is 27.7. The number of hydrogen-bond donors (Lipinski definition) is 9. The molecule has 0 aliphatic carbocycles. The number of rotatable bonds is 14. The summed E-state index contributed by atoms with van der Waals surface area (Å²) in [5.74, 6) is -4.88. The number of aliphatic carboxylic acids is 1. The SMILES string of the molecule is CC(O)C(NC(=O)C(N)CO)C(=O)NC(Cc1c[nH]c2ccccc12)C(=O)NC(CCC(N)=O)C(=O)O. The zero-order valence-electron chi connectivity index (χ0n) is 20.1. The largest absolute Gasteiger partial charge is 0.480 e. The van der Waals surface area contributed by atoms with Gasteiger partial charge in [-0.25, -0.2) is 4.79 Å². The molecule has 5 atom stereocenters. The summed E-state index contributed by atoms with van der Waals surface area (Å²) in [5, 5.41) is 36.3. The Balaban J connectivity index is 2.31. The highest BCUT2D eigenvalue weighted by atomic mass is 16.4. The summed E-state index contributed by atoms with van der Waals surface area (Å²) in [5.41, 5.74) is 11.9. The van der Waals surface area contributed by atoms with Crippen molar-refractivity contribution in [3.05, 3.63) is 36.0 Å². The number of nitrogens with one attached hydrogen (secondary N) is 4. The smallest absolute Gasteiger partial charge is 0.326 e. The lowest BCUT2D eigenvalue weighted by Gasteiger charge is -2.26. The van der Waals surface area contributed by atoms with E-state index in [1.165, 1.54) is 6.92 Å². The Labute approximate surface area is 211 Å². The number of para-hydroxylation sites is 1. The number of carbonyl (C=O) groups excluding carboxylic acids is 4. The summed E-state index contributed by atoms with van der Waals surface area (Å²) in [6.07, 6.45) is -0.421. The van der Waals surface area contributed by atoms with Crippen LogP contribution in [0, 0.1) is 0 Å². The van der Waals surface area contributed by atoms with Gasteiger partial charge < -0.3 is 47.7 Å². The number of amides is 4. The van der Waals surface area contributed by atoms with E-state index in [9.17, 15) is 34.2 Å². The maximum atomic E-state index is 13.2. The third-order valence-electron chi connectivity index (χ3n) is 5.62. The summed E-state index contributed by atoms with van der Waals surface area (Å²) < 4.78 is 0. The van der Waals surface area contributed by atoms with Crippen molar-refractivity contribution in [3.63, 3.8) is 0 Å². The molecule has 1 aromatic heterocycles. The number of benzene rings is 1. The number of nitrogens with two attached hydrogens (primary N) is 2. The minimum Gasteiger partial charge on any atom is -0.480 e. The zero-order valence-corrected chi connectivity index (χ0v) is 20.1. The van der Waals surface area contributed by atoms with Crippen molar-refractivity contribution in [1.82, 2.24) is 20.9 Å². The van der Waals surface area contributed by atoms with E-state index < -0.39 is 66.5 Å². The van der Waals surface area contributed by atoms with E-state index in [1.807, 2.05) is 0 Å². The Morgan fingerprint density at radius 3 is 2.24 bits per heavy atom. The Morgan fingerprint density at radius 1 is 1.00 bits per heavy atom. The van der Waals surface area contributed by atoms with Gasteiger partial charge in [0.25, 0.3) is 0 Å². The van der Waals surface area contributed by atoms with Crippen LogP contribution in [0.1, 0.15) is 25.3 Å².